The smallest absolute Gasteiger partial charge is 0.236 e. The van der Waals surface area contributed by atoms with Crippen molar-refractivity contribution in [1.82, 2.24) is 19.7 Å². The summed E-state index contributed by atoms with van der Waals surface area (Å²) in [5.74, 6) is 1.74. The first-order valence-electron chi connectivity index (χ1n) is 4.75. The van der Waals surface area contributed by atoms with E-state index < -0.39 is 0 Å². The lowest BCUT2D eigenvalue weighted by molar-refractivity contribution is 0.265. The van der Waals surface area contributed by atoms with Gasteiger partial charge in [0.05, 0.1) is 0 Å². The summed E-state index contributed by atoms with van der Waals surface area (Å²) in [7, 11) is 0. The van der Waals surface area contributed by atoms with Gasteiger partial charge in [0.25, 0.3) is 0 Å². The van der Waals surface area contributed by atoms with Gasteiger partial charge in [-0.2, -0.15) is 0 Å². The molecule has 1 N–H and O–H groups in total. The quantitative estimate of drug-likeness (QED) is 0.785. The molecule has 0 aliphatic carbocycles. The van der Waals surface area contributed by atoms with Crippen LogP contribution >= 0.6 is 0 Å². The van der Waals surface area contributed by atoms with E-state index >= 15 is 0 Å². The number of hydrogen-bond donors (Lipinski definition) is 1. The normalized spacial score (nSPS) is 10.8. The van der Waals surface area contributed by atoms with Crippen LogP contribution in [0.4, 0.5) is 0 Å². The number of rotatable bonds is 4. The second kappa shape index (κ2) is 4.22. The fourth-order valence-corrected chi connectivity index (χ4v) is 1.28. The number of aryl methyl sites for hydroxylation is 1. The molecule has 0 unspecified atom stereocenters. The molecule has 0 aliphatic heterocycles. The van der Waals surface area contributed by atoms with Gasteiger partial charge in [0.2, 0.25) is 11.8 Å². The first-order chi connectivity index (χ1) is 7.33. The zero-order valence-electron chi connectivity index (χ0n) is 8.42. The van der Waals surface area contributed by atoms with Gasteiger partial charge in [-0.15, -0.1) is 10.2 Å². The van der Waals surface area contributed by atoms with Gasteiger partial charge in [-0.25, -0.2) is 4.98 Å². The van der Waals surface area contributed by atoms with E-state index in [0.717, 1.165) is 6.42 Å². The summed E-state index contributed by atoms with van der Waals surface area (Å²) in [6, 6.07) is 0. The topological polar surface area (TPSA) is 77.0 Å². The van der Waals surface area contributed by atoms with Crippen LogP contribution in [0.2, 0.25) is 0 Å². The molecule has 2 heterocycles. The maximum absolute atomic E-state index is 8.99. The Hall–Kier alpha value is -1.69. The van der Waals surface area contributed by atoms with Crippen molar-refractivity contribution in [3.8, 4) is 0 Å². The minimum Gasteiger partial charge on any atom is -0.423 e. The summed E-state index contributed by atoms with van der Waals surface area (Å²) in [5.41, 5.74) is 0. The SMILES string of the molecule is CCc1nnc(Cn2ccnc2CO)o1. The van der Waals surface area contributed by atoms with E-state index in [1.807, 2.05) is 6.92 Å². The zero-order chi connectivity index (χ0) is 10.7. The number of aromatic nitrogens is 4. The lowest BCUT2D eigenvalue weighted by atomic mass is 10.5. The third kappa shape index (κ3) is 2.04. The molecule has 0 bridgehead atoms. The molecule has 80 valence electrons. The molecular formula is C9H12N4O2. The van der Waals surface area contributed by atoms with Gasteiger partial charge in [-0.05, 0) is 0 Å². The van der Waals surface area contributed by atoms with Gasteiger partial charge in [0.15, 0.2) is 0 Å². The molecule has 0 atom stereocenters. The third-order valence-electron chi connectivity index (χ3n) is 2.06. The first kappa shape index (κ1) is 9.85. The highest BCUT2D eigenvalue weighted by Gasteiger charge is 2.07. The van der Waals surface area contributed by atoms with Crippen LogP contribution in [-0.2, 0) is 19.6 Å². The Morgan fingerprint density at radius 2 is 2.20 bits per heavy atom. The molecule has 15 heavy (non-hydrogen) atoms. The molecule has 0 amide bonds. The highest BCUT2D eigenvalue weighted by molar-refractivity contribution is 4.94. The van der Waals surface area contributed by atoms with Crippen LogP contribution in [0.25, 0.3) is 0 Å². The number of nitrogens with zero attached hydrogens (tertiary/aromatic N) is 4. The monoisotopic (exact) mass is 208 g/mol. The average molecular weight is 208 g/mol. The van der Waals surface area contributed by atoms with Crippen LogP contribution in [0.5, 0.6) is 0 Å². The second-order valence-electron chi connectivity index (χ2n) is 3.07. The van der Waals surface area contributed by atoms with Crippen molar-refractivity contribution in [3.05, 3.63) is 30.0 Å². The molecule has 0 aromatic carbocycles. The van der Waals surface area contributed by atoms with Crippen LogP contribution in [0.3, 0.4) is 0 Å². The lowest BCUT2D eigenvalue weighted by Crippen LogP contribution is -2.04. The Bertz CT molecular complexity index is 435. The molecule has 0 aliphatic rings. The lowest BCUT2D eigenvalue weighted by Gasteiger charge is -2.01. The largest absolute Gasteiger partial charge is 0.423 e. The van der Waals surface area contributed by atoms with Gasteiger partial charge in [-0.3, -0.25) is 0 Å². The summed E-state index contributed by atoms with van der Waals surface area (Å²) in [6.07, 6.45) is 4.12. The fraction of sp³-hybridized carbons (Fsp3) is 0.444. The third-order valence-corrected chi connectivity index (χ3v) is 2.06. The molecule has 6 heteroatoms. The summed E-state index contributed by atoms with van der Waals surface area (Å²) in [5, 5.41) is 16.7. The van der Waals surface area contributed by atoms with E-state index in [-0.39, 0.29) is 6.61 Å². The number of aliphatic hydroxyl groups is 1. The van der Waals surface area contributed by atoms with Gasteiger partial charge < -0.3 is 14.1 Å². The Balaban J connectivity index is 2.14. The summed E-state index contributed by atoms with van der Waals surface area (Å²) in [6.45, 7) is 2.30. The highest BCUT2D eigenvalue weighted by atomic mass is 16.4. The first-order valence-corrected chi connectivity index (χ1v) is 4.75. The zero-order valence-corrected chi connectivity index (χ0v) is 8.42. The summed E-state index contributed by atoms with van der Waals surface area (Å²) >= 11 is 0. The highest BCUT2D eigenvalue weighted by Crippen LogP contribution is 2.05. The van der Waals surface area contributed by atoms with E-state index in [1.54, 1.807) is 17.0 Å². The molecule has 2 rings (SSSR count). The summed E-state index contributed by atoms with van der Waals surface area (Å²) in [4.78, 5) is 3.98. The maximum atomic E-state index is 8.99. The van der Waals surface area contributed by atoms with E-state index in [2.05, 4.69) is 15.2 Å². The van der Waals surface area contributed by atoms with Crippen LogP contribution in [-0.4, -0.2) is 24.9 Å². The molecule has 0 radical (unpaired) electrons. The Morgan fingerprint density at radius 1 is 1.40 bits per heavy atom. The number of imidazole rings is 1. The van der Waals surface area contributed by atoms with Crippen molar-refractivity contribution in [2.45, 2.75) is 26.5 Å². The van der Waals surface area contributed by atoms with Crippen LogP contribution in [0.15, 0.2) is 16.8 Å². The predicted molar refractivity (Wildman–Crippen MR) is 50.9 cm³/mol. The van der Waals surface area contributed by atoms with E-state index in [0.29, 0.717) is 24.2 Å². The molecule has 2 aromatic rings. The van der Waals surface area contributed by atoms with E-state index in [1.165, 1.54) is 0 Å². The van der Waals surface area contributed by atoms with Crippen LogP contribution < -0.4 is 0 Å². The minimum atomic E-state index is -0.0955. The molecule has 0 fully saturated rings. The second-order valence-corrected chi connectivity index (χ2v) is 3.07. The Kier molecular flexibility index (Phi) is 2.77. The maximum Gasteiger partial charge on any atom is 0.236 e. The molecular weight excluding hydrogens is 196 g/mol. The van der Waals surface area contributed by atoms with Crippen molar-refractivity contribution < 1.29 is 9.52 Å². The molecule has 2 aromatic heterocycles. The van der Waals surface area contributed by atoms with Crippen molar-refractivity contribution >= 4 is 0 Å². The fourth-order valence-electron chi connectivity index (χ4n) is 1.28. The van der Waals surface area contributed by atoms with Crippen molar-refractivity contribution in [3.63, 3.8) is 0 Å². The van der Waals surface area contributed by atoms with Gasteiger partial charge >= 0.3 is 0 Å². The predicted octanol–water partition coefficient (Wildman–Crippen LogP) is 0.369. The van der Waals surface area contributed by atoms with Crippen molar-refractivity contribution in [2.24, 2.45) is 0 Å². The molecule has 0 saturated carbocycles. The van der Waals surface area contributed by atoms with Crippen molar-refractivity contribution in [2.75, 3.05) is 0 Å². The standard InChI is InChI=1S/C9H12N4O2/c1-2-8-11-12-9(15-8)5-13-4-3-10-7(13)6-14/h3-4,14H,2,5-6H2,1H3. The molecule has 6 nitrogen and oxygen atoms in total. The molecule has 0 spiro atoms. The number of aliphatic hydroxyl groups excluding tert-OH is 1. The van der Waals surface area contributed by atoms with Gasteiger partial charge in [-0.1, -0.05) is 6.92 Å². The minimum absolute atomic E-state index is 0.0955. The van der Waals surface area contributed by atoms with Crippen LogP contribution in [0, 0.1) is 0 Å². The van der Waals surface area contributed by atoms with E-state index in [9.17, 15) is 0 Å². The Labute approximate surface area is 86.6 Å². The van der Waals surface area contributed by atoms with Crippen LogP contribution in [0.1, 0.15) is 24.5 Å². The average Bonchev–Trinajstić information content (AvgIpc) is 2.87. The van der Waals surface area contributed by atoms with Crippen molar-refractivity contribution in [1.29, 1.82) is 0 Å². The summed E-state index contributed by atoms with van der Waals surface area (Å²) < 4.78 is 7.12. The Morgan fingerprint density at radius 3 is 2.87 bits per heavy atom. The molecule has 0 saturated heterocycles. The van der Waals surface area contributed by atoms with E-state index in [4.69, 9.17) is 9.52 Å². The van der Waals surface area contributed by atoms with Gasteiger partial charge in [0, 0.05) is 18.8 Å². The van der Waals surface area contributed by atoms with Gasteiger partial charge in [0.1, 0.15) is 19.0 Å². The number of hydrogen-bond acceptors (Lipinski definition) is 5.